The molecule has 11 heteroatoms. The normalized spacial score (nSPS) is 11.4. The highest BCUT2D eigenvalue weighted by Gasteiger charge is 2.33. The van der Waals surface area contributed by atoms with Crippen LogP contribution in [0.1, 0.15) is 47.7 Å². The van der Waals surface area contributed by atoms with Crippen LogP contribution in [0.25, 0.3) is 0 Å². The number of benzene rings is 3. The monoisotopic (exact) mass is 619 g/mol. The Morgan fingerprint density at radius 3 is 2.30 bits per heavy atom. The summed E-state index contributed by atoms with van der Waals surface area (Å²) in [5.41, 5.74) is 4.00. The SMILES string of the molecule is CC#CCOc1ccc(S(=O)(=O)C(CCCCNC(=O)CNC(=O)c2ccccc2CCc2ccccc2)C(=O)NO)cc1. The number of carbonyl (C=O) groups excluding carboxylic acids is 3. The fraction of sp³-hybridized carbons (Fsp3) is 0.303. The molecule has 3 aromatic carbocycles. The fourth-order valence-electron chi connectivity index (χ4n) is 4.46. The number of hydrogen-bond acceptors (Lipinski definition) is 7. The van der Waals surface area contributed by atoms with E-state index in [0.717, 1.165) is 12.0 Å². The highest BCUT2D eigenvalue weighted by Crippen LogP contribution is 2.23. The van der Waals surface area contributed by atoms with E-state index in [9.17, 15) is 22.8 Å². The molecule has 10 nitrogen and oxygen atoms in total. The van der Waals surface area contributed by atoms with E-state index in [1.807, 2.05) is 42.5 Å². The summed E-state index contributed by atoms with van der Waals surface area (Å²) in [7, 11) is -4.12. The van der Waals surface area contributed by atoms with Crippen molar-refractivity contribution >= 4 is 27.6 Å². The molecular weight excluding hydrogens is 582 g/mol. The van der Waals surface area contributed by atoms with Crippen LogP contribution < -0.4 is 20.9 Å². The van der Waals surface area contributed by atoms with Crippen molar-refractivity contribution in [2.24, 2.45) is 0 Å². The molecule has 0 aromatic heterocycles. The van der Waals surface area contributed by atoms with E-state index in [1.165, 1.54) is 35.3 Å². The Kier molecular flexibility index (Phi) is 13.4. The van der Waals surface area contributed by atoms with E-state index in [-0.39, 0.29) is 43.3 Å². The molecule has 3 amide bonds. The predicted molar refractivity (Wildman–Crippen MR) is 166 cm³/mol. The zero-order chi connectivity index (χ0) is 31.8. The summed E-state index contributed by atoms with van der Waals surface area (Å²) in [5.74, 6) is 4.06. The van der Waals surface area contributed by atoms with Crippen molar-refractivity contribution < 1.29 is 32.7 Å². The van der Waals surface area contributed by atoms with Gasteiger partial charge >= 0.3 is 0 Å². The summed E-state index contributed by atoms with van der Waals surface area (Å²) >= 11 is 0. The zero-order valence-electron chi connectivity index (χ0n) is 24.5. The number of sulfone groups is 1. The number of unbranched alkanes of at least 4 members (excludes halogenated alkanes) is 1. The van der Waals surface area contributed by atoms with Crippen molar-refractivity contribution in [3.05, 3.63) is 95.6 Å². The van der Waals surface area contributed by atoms with Crippen molar-refractivity contribution in [2.45, 2.75) is 49.2 Å². The first kappa shape index (κ1) is 33.8. The molecule has 0 heterocycles. The minimum Gasteiger partial charge on any atom is -0.481 e. The van der Waals surface area contributed by atoms with Crippen LogP contribution in [-0.2, 0) is 32.3 Å². The average Bonchev–Trinajstić information content (AvgIpc) is 3.04. The van der Waals surface area contributed by atoms with Gasteiger partial charge < -0.3 is 15.4 Å². The zero-order valence-corrected chi connectivity index (χ0v) is 25.4. The van der Waals surface area contributed by atoms with Crippen molar-refractivity contribution in [1.29, 1.82) is 0 Å². The van der Waals surface area contributed by atoms with E-state index in [2.05, 4.69) is 22.5 Å². The van der Waals surface area contributed by atoms with Gasteiger partial charge in [0.2, 0.25) is 5.91 Å². The first-order valence-corrected chi connectivity index (χ1v) is 15.8. The topological polar surface area (TPSA) is 151 Å². The number of rotatable bonds is 16. The summed E-state index contributed by atoms with van der Waals surface area (Å²) in [6, 6.07) is 22.8. The van der Waals surface area contributed by atoms with Gasteiger partial charge in [0.05, 0.1) is 11.4 Å². The van der Waals surface area contributed by atoms with E-state index in [4.69, 9.17) is 9.94 Å². The second kappa shape index (κ2) is 17.5. The Balaban J connectivity index is 1.45. The molecule has 0 aliphatic carbocycles. The summed E-state index contributed by atoms with van der Waals surface area (Å²) in [6.07, 6.45) is 2.03. The van der Waals surface area contributed by atoms with E-state index in [0.29, 0.717) is 24.2 Å². The molecule has 0 bridgehead atoms. The minimum absolute atomic E-state index is 0.0779. The first-order valence-electron chi connectivity index (χ1n) is 14.2. The summed E-state index contributed by atoms with van der Waals surface area (Å²) in [5, 5.41) is 13.0. The third-order valence-corrected chi connectivity index (χ3v) is 8.96. The first-order chi connectivity index (χ1) is 21.3. The molecule has 3 aromatic rings. The van der Waals surface area contributed by atoms with Gasteiger partial charge in [-0.3, -0.25) is 19.6 Å². The molecule has 0 radical (unpaired) electrons. The predicted octanol–water partition coefficient (Wildman–Crippen LogP) is 3.24. The molecule has 0 fully saturated rings. The van der Waals surface area contributed by atoms with E-state index in [1.54, 1.807) is 19.1 Å². The summed E-state index contributed by atoms with van der Waals surface area (Å²) in [4.78, 5) is 37.3. The van der Waals surface area contributed by atoms with Gasteiger partial charge in [0.1, 0.15) is 17.6 Å². The average molecular weight is 620 g/mol. The summed E-state index contributed by atoms with van der Waals surface area (Å²) < 4.78 is 31.7. The lowest BCUT2D eigenvalue weighted by molar-refractivity contribution is -0.129. The maximum absolute atomic E-state index is 13.1. The van der Waals surface area contributed by atoms with Gasteiger partial charge in [0.15, 0.2) is 9.84 Å². The number of aryl methyl sites for hydroxylation is 2. The van der Waals surface area contributed by atoms with Crippen molar-refractivity contribution in [3.8, 4) is 17.6 Å². The van der Waals surface area contributed by atoms with Crippen LogP contribution in [0.5, 0.6) is 5.75 Å². The molecule has 0 aliphatic rings. The van der Waals surface area contributed by atoms with Gasteiger partial charge in [-0.05, 0) is 80.5 Å². The maximum atomic E-state index is 13.1. The lowest BCUT2D eigenvalue weighted by Gasteiger charge is -2.16. The second-order valence-electron chi connectivity index (χ2n) is 9.87. The molecule has 232 valence electrons. The largest absolute Gasteiger partial charge is 0.481 e. The van der Waals surface area contributed by atoms with Crippen LogP contribution in [0.3, 0.4) is 0 Å². The standard InChI is InChI=1S/C33H37N3O7S/c1-2-3-23-43-27-18-20-28(21-19-27)44(41,42)30(33(39)36-40)15-9-10-22-34-31(37)24-35-32(38)29-14-8-7-13-26(29)17-16-25-11-5-4-6-12-25/h4-8,11-14,18-21,30,40H,9-10,15-17,22-24H2,1H3,(H,34,37)(H,35,38)(H,36,39). The summed E-state index contributed by atoms with van der Waals surface area (Å²) in [6.45, 7) is 1.82. The Morgan fingerprint density at radius 1 is 0.886 bits per heavy atom. The number of hydrogen-bond donors (Lipinski definition) is 4. The number of nitrogens with one attached hydrogen (secondary N) is 3. The van der Waals surface area contributed by atoms with Gasteiger partial charge in [0.25, 0.3) is 11.8 Å². The third-order valence-electron chi connectivity index (χ3n) is 6.83. The van der Waals surface area contributed by atoms with Crippen molar-refractivity contribution in [2.75, 3.05) is 19.7 Å². The number of carbonyl (C=O) groups is 3. The molecule has 1 atom stereocenters. The molecular formula is C33H37N3O7S. The lowest BCUT2D eigenvalue weighted by Crippen LogP contribution is -2.39. The lowest BCUT2D eigenvalue weighted by atomic mass is 9.99. The van der Waals surface area contributed by atoms with Crippen LogP contribution in [0.4, 0.5) is 0 Å². The van der Waals surface area contributed by atoms with Gasteiger partial charge in [0, 0.05) is 12.1 Å². The molecule has 0 saturated carbocycles. The van der Waals surface area contributed by atoms with Crippen molar-refractivity contribution in [3.63, 3.8) is 0 Å². The van der Waals surface area contributed by atoms with Gasteiger partial charge in [-0.15, -0.1) is 5.92 Å². The van der Waals surface area contributed by atoms with Crippen LogP contribution >= 0.6 is 0 Å². The number of amides is 3. The van der Waals surface area contributed by atoms with Gasteiger partial charge in [-0.1, -0.05) is 54.5 Å². The Morgan fingerprint density at radius 2 is 1.59 bits per heavy atom. The van der Waals surface area contributed by atoms with Crippen LogP contribution in [-0.4, -0.2) is 56.3 Å². The van der Waals surface area contributed by atoms with Crippen LogP contribution in [0.2, 0.25) is 0 Å². The number of ether oxygens (including phenoxy) is 1. The molecule has 1 unspecified atom stereocenters. The maximum Gasteiger partial charge on any atom is 0.262 e. The quantitative estimate of drug-likeness (QED) is 0.0832. The molecule has 3 rings (SSSR count). The van der Waals surface area contributed by atoms with Crippen LogP contribution in [0, 0.1) is 11.8 Å². The Labute approximate surface area is 258 Å². The Bertz CT molecular complexity index is 1560. The fourth-order valence-corrected chi connectivity index (χ4v) is 6.12. The molecule has 0 saturated heterocycles. The van der Waals surface area contributed by atoms with E-state index < -0.39 is 26.9 Å². The highest BCUT2D eigenvalue weighted by atomic mass is 32.2. The molecule has 0 aliphatic heterocycles. The highest BCUT2D eigenvalue weighted by molar-refractivity contribution is 7.92. The molecule has 0 spiro atoms. The molecule has 4 N–H and O–H groups in total. The smallest absolute Gasteiger partial charge is 0.262 e. The van der Waals surface area contributed by atoms with Crippen molar-refractivity contribution in [1.82, 2.24) is 16.1 Å². The van der Waals surface area contributed by atoms with Gasteiger partial charge in [-0.25, -0.2) is 13.9 Å². The van der Waals surface area contributed by atoms with E-state index >= 15 is 0 Å². The van der Waals surface area contributed by atoms with Crippen LogP contribution in [0.15, 0.2) is 83.8 Å². The van der Waals surface area contributed by atoms with Gasteiger partial charge in [-0.2, -0.15) is 0 Å². The Hall–Kier alpha value is -4.66. The third kappa shape index (κ3) is 10.3. The molecule has 44 heavy (non-hydrogen) atoms. The minimum atomic E-state index is -4.12. The number of hydroxylamine groups is 1. The second-order valence-corrected chi connectivity index (χ2v) is 12.0.